The maximum Gasteiger partial charge on any atom is 0.313 e. The summed E-state index contributed by atoms with van der Waals surface area (Å²) in [6.07, 6.45) is 2.95. The van der Waals surface area contributed by atoms with Gasteiger partial charge in [-0.1, -0.05) is 29.3 Å². The van der Waals surface area contributed by atoms with E-state index in [9.17, 15) is 9.59 Å². The molecule has 0 aliphatic carbocycles. The Hall–Kier alpha value is -1.26. The van der Waals surface area contributed by atoms with E-state index in [1.54, 1.807) is 23.1 Å². The summed E-state index contributed by atoms with van der Waals surface area (Å²) in [5.41, 5.74) is 0.349. The highest BCUT2D eigenvalue weighted by atomic mass is 35.5. The molecule has 1 aromatic carbocycles. The third-order valence-electron chi connectivity index (χ3n) is 3.46. The molecule has 0 saturated carbocycles. The van der Waals surface area contributed by atoms with Crippen LogP contribution in [0.3, 0.4) is 0 Å². The number of carbonyl (C=O) groups excluding carboxylic acids is 2. The Labute approximate surface area is 128 Å². The minimum Gasteiger partial charge on any atom is -0.332 e. The number of hydrogen-bond donors (Lipinski definition) is 1. The van der Waals surface area contributed by atoms with Crippen LogP contribution in [-0.2, 0) is 9.59 Å². The molecule has 1 saturated heterocycles. The highest BCUT2D eigenvalue weighted by Crippen LogP contribution is 2.29. The summed E-state index contributed by atoms with van der Waals surface area (Å²) in [6, 6.07) is 4.99. The maximum absolute atomic E-state index is 12.1. The summed E-state index contributed by atoms with van der Waals surface area (Å²) >= 11 is 11.9. The predicted molar refractivity (Wildman–Crippen MR) is 80.1 cm³/mol. The van der Waals surface area contributed by atoms with E-state index in [0.29, 0.717) is 17.3 Å². The lowest BCUT2D eigenvalue weighted by atomic mass is 10.0. The summed E-state index contributed by atoms with van der Waals surface area (Å²) in [7, 11) is 0. The highest BCUT2D eigenvalue weighted by molar-refractivity contribution is 6.45. The Morgan fingerprint density at radius 2 is 2.05 bits per heavy atom. The van der Waals surface area contributed by atoms with Crippen LogP contribution in [0.15, 0.2) is 18.2 Å². The normalized spacial score (nSPS) is 18.8. The molecule has 1 unspecified atom stereocenters. The highest BCUT2D eigenvalue weighted by Gasteiger charge is 2.28. The fourth-order valence-electron chi connectivity index (χ4n) is 2.31. The van der Waals surface area contributed by atoms with Gasteiger partial charge in [-0.15, -0.1) is 0 Å². The topological polar surface area (TPSA) is 49.4 Å². The first-order valence-corrected chi connectivity index (χ1v) is 7.32. The van der Waals surface area contributed by atoms with Crippen molar-refractivity contribution in [2.45, 2.75) is 32.2 Å². The van der Waals surface area contributed by atoms with Crippen molar-refractivity contribution in [1.29, 1.82) is 0 Å². The summed E-state index contributed by atoms with van der Waals surface area (Å²) in [5.74, 6) is -1.20. The van der Waals surface area contributed by atoms with Crippen LogP contribution < -0.4 is 5.32 Å². The fourth-order valence-corrected chi connectivity index (χ4v) is 2.65. The van der Waals surface area contributed by atoms with Gasteiger partial charge in [-0.25, -0.2) is 0 Å². The summed E-state index contributed by atoms with van der Waals surface area (Å²) in [6.45, 7) is 2.58. The molecule has 0 bridgehead atoms. The van der Waals surface area contributed by atoms with Crippen molar-refractivity contribution in [2.75, 3.05) is 11.9 Å². The summed E-state index contributed by atoms with van der Waals surface area (Å²) in [5, 5.41) is 3.10. The van der Waals surface area contributed by atoms with E-state index < -0.39 is 11.8 Å². The molecule has 0 spiro atoms. The van der Waals surface area contributed by atoms with Crippen molar-refractivity contribution in [3.63, 3.8) is 0 Å². The van der Waals surface area contributed by atoms with Gasteiger partial charge in [-0.3, -0.25) is 9.59 Å². The molecule has 1 N–H and O–H groups in total. The van der Waals surface area contributed by atoms with Gasteiger partial charge in [0.15, 0.2) is 0 Å². The number of amides is 2. The number of benzene rings is 1. The molecule has 0 aromatic heterocycles. The van der Waals surface area contributed by atoms with Crippen molar-refractivity contribution in [3.8, 4) is 0 Å². The molecule has 108 valence electrons. The predicted octanol–water partition coefficient (Wildman–Crippen LogP) is 3.33. The molecule has 1 heterocycles. The number of carbonyl (C=O) groups is 2. The van der Waals surface area contributed by atoms with E-state index >= 15 is 0 Å². The van der Waals surface area contributed by atoms with Gasteiger partial charge < -0.3 is 10.2 Å². The average Bonchev–Trinajstić information content (AvgIpc) is 2.43. The second-order valence-electron chi connectivity index (χ2n) is 4.90. The van der Waals surface area contributed by atoms with Gasteiger partial charge in [0.1, 0.15) is 0 Å². The van der Waals surface area contributed by atoms with E-state index in [-0.39, 0.29) is 11.1 Å². The molecule has 1 aromatic rings. The quantitative estimate of drug-likeness (QED) is 0.808. The van der Waals surface area contributed by atoms with Crippen molar-refractivity contribution < 1.29 is 9.59 Å². The lowest BCUT2D eigenvalue weighted by Gasteiger charge is -2.32. The number of hydrogen-bond acceptors (Lipinski definition) is 2. The Morgan fingerprint density at radius 3 is 2.75 bits per heavy atom. The standard InChI is InChI=1S/C14H16Cl2N2O2/c1-9-5-2-3-8-18(9)14(20)13(19)17-11-7-4-6-10(15)12(11)16/h4,6-7,9H,2-3,5,8H2,1H3,(H,17,19). The molecule has 1 fully saturated rings. The van der Waals surface area contributed by atoms with E-state index in [1.807, 2.05) is 6.92 Å². The molecule has 20 heavy (non-hydrogen) atoms. The van der Waals surface area contributed by atoms with Gasteiger partial charge >= 0.3 is 11.8 Å². The molecule has 1 aliphatic heterocycles. The van der Waals surface area contributed by atoms with E-state index in [0.717, 1.165) is 19.3 Å². The molecule has 1 atom stereocenters. The van der Waals surface area contributed by atoms with Crippen molar-refractivity contribution in [2.24, 2.45) is 0 Å². The molecule has 2 amide bonds. The number of rotatable bonds is 1. The van der Waals surface area contributed by atoms with Gasteiger partial charge in [0, 0.05) is 12.6 Å². The molecular weight excluding hydrogens is 299 g/mol. The molecular formula is C14H16Cl2N2O2. The van der Waals surface area contributed by atoms with Crippen LogP contribution in [0.2, 0.25) is 10.0 Å². The Balaban J connectivity index is 2.07. The first-order chi connectivity index (χ1) is 9.50. The maximum atomic E-state index is 12.1. The SMILES string of the molecule is CC1CCCCN1C(=O)C(=O)Nc1cccc(Cl)c1Cl. The van der Waals surface area contributed by atoms with Crippen molar-refractivity contribution in [3.05, 3.63) is 28.2 Å². The molecule has 1 aliphatic rings. The minimum atomic E-state index is -0.678. The third-order valence-corrected chi connectivity index (χ3v) is 4.28. The zero-order valence-corrected chi connectivity index (χ0v) is 12.7. The second kappa shape index (κ2) is 6.46. The van der Waals surface area contributed by atoms with Crippen LogP contribution in [-0.4, -0.2) is 29.3 Å². The zero-order valence-electron chi connectivity index (χ0n) is 11.2. The number of anilines is 1. The number of nitrogens with one attached hydrogen (secondary N) is 1. The lowest BCUT2D eigenvalue weighted by molar-refractivity contribution is -0.145. The monoisotopic (exact) mass is 314 g/mol. The molecule has 0 radical (unpaired) electrons. The Morgan fingerprint density at radius 1 is 1.30 bits per heavy atom. The lowest BCUT2D eigenvalue weighted by Crippen LogP contribution is -2.47. The summed E-state index contributed by atoms with van der Waals surface area (Å²) in [4.78, 5) is 25.8. The van der Waals surface area contributed by atoms with E-state index in [1.165, 1.54) is 0 Å². The largest absolute Gasteiger partial charge is 0.332 e. The zero-order chi connectivity index (χ0) is 14.7. The van der Waals surface area contributed by atoms with Gasteiger partial charge in [0.25, 0.3) is 0 Å². The summed E-state index contributed by atoms with van der Waals surface area (Å²) < 4.78 is 0. The first kappa shape index (κ1) is 15.1. The Bertz CT molecular complexity index is 534. The van der Waals surface area contributed by atoms with Gasteiger partial charge in [0.2, 0.25) is 0 Å². The molecule has 6 heteroatoms. The van der Waals surface area contributed by atoms with Crippen LogP contribution in [0.4, 0.5) is 5.69 Å². The van der Waals surface area contributed by atoms with Crippen molar-refractivity contribution >= 4 is 40.7 Å². The minimum absolute atomic E-state index is 0.0943. The molecule has 4 nitrogen and oxygen atoms in total. The smallest absolute Gasteiger partial charge is 0.313 e. The van der Waals surface area contributed by atoms with Crippen LogP contribution in [0, 0.1) is 0 Å². The Kier molecular flexibility index (Phi) is 4.89. The van der Waals surface area contributed by atoms with Gasteiger partial charge in [-0.05, 0) is 38.3 Å². The molecule has 2 rings (SSSR count). The number of likely N-dealkylation sites (tertiary alicyclic amines) is 1. The number of halogens is 2. The van der Waals surface area contributed by atoms with Gasteiger partial charge in [-0.2, -0.15) is 0 Å². The fraction of sp³-hybridized carbons (Fsp3) is 0.429. The first-order valence-electron chi connectivity index (χ1n) is 6.56. The average molecular weight is 315 g/mol. The van der Waals surface area contributed by atoms with Crippen LogP contribution >= 0.6 is 23.2 Å². The third kappa shape index (κ3) is 3.25. The van der Waals surface area contributed by atoms with E-state index in [2.05, 4.69) is 5.32 Å². The van der Waals surface area contributed by atoms with Crippen LogP contribution in [0.1, 0.15) is 26.2 Å². The number of nitrogens with zero attached hydrogens (tertiary/aromatic N) is 1. The van der Waals surface area contributed by atoms with Gasteiger partial charge in [0.05, 0.1) is 15.7 Å². The number of piperidine rings is 1. The second-order valence-corrected chi connectivity index (χ2v) is 5.68. The van der Waals surface area contributed by atoms with Crippen molar-refractivity contribution in [1.82, 2.24) is 4.90 Å². The van der Waals surface area contributed by atoms with E-state index in [4.69, 9.17) is 23.2 Å². The van der Waals surface area contributed by atoms with Crippen LogP contribution in [0.25, 0.3) is 0 Å². The van der Waals surface area contributed by atoms with Crippen LogP contribution in [0.5, 0.6) is 0 Å².